The van der Waals surface area contributed by atoms with Gasteiger partial charge in [0.1, 0.15) is 5.83 Å². The third-order valence-corrected chi connectivity index (χ3v) is 2.73. The number of esters is 1. The molecule has 0 saturated heterocycles. The van der Waals surface area contributed by atoms with Gasteiger partial charge in [-0.05, 0) is 0 Å². The Morgan fingerprint density at radius 2 is 1.63 bits per heavy atom. The van der Waals surface area contributed by atoms with E-state index in [4.69, 9.17) is 0 Å². The number of hydrogen-bond donors (Lipinski definition) is 0. The highest BCUT2D eigenvalue weighted by Gasteiger charge is 2.78. The molecule has 1 saturated carbocycles. The van der Waals surface area contributed by atoms with Gasteiger partial charge in [-0.2, -0.15) is 13.2 Å². The van der Waals surface area contributed by atoms with E-state index < -0.39 is 53.1 Å². The Bertz CT molecular complexity index is 519. The van der Waals surface area contributed by atoms with E-state index in [-0.39, 0.29) is 0 Å². The number of alkyl halides is 4. The summed E-state index contributed by atoms with van der Waals surface area (Å²) in [5, 5.41) is 0. The molecule has 0 aliphatic heterocycles. The van der Waals surface area contributed by atoms with E-state index in [0.717, 1.165) is 0 Å². The summed E-state index contributed by atoms with van der Waals surface area (Å²) in [5.74, 6) is -14.8. The number of carbonyl (C=O) groups is 1. The van der Waals surface area contributed by atoms with Crippen molar-refractivity contribution in [3.05, 3.63) is 23.3 Å². The summed E-state index contributed by atoms with van der Waals surface area (Å²) in [6, 6.07) is 0. The van der Waals surface area contributed by atoms with Crippen LogP contribution in [0.3, 0.4) is 0 Å². The summed E-state index contributed by atoms with van der Waals surface area (Å²) in [4.78, 5) is 10.4. The zero-order valence-electron chi connectivity index (χ0n) is 8.49. The van der Waals surface area contributed by atoms with Crippen LogP contribution in [-0.2, 0) is 9.53 Å². The molecule has 2 rings (SSSR count). The quantitative estimate of drug-likeness (QED) is 0.548. The highest BCUT2D eigenvalue weighted by Crippen LogP contribution is 2.63. The molecule has 106 valence electrons. The first-order chi connectivity index (χ1) is 8.52. The second kappa shape index (κ2) is 3.70. The summed E-state index contributed by atoms with van der Waals surface area (Å²) in [5.41, 5.74) is -3.63. The van der Waals surface area contributed by atoms with Crippen molar-refractivity contribution in [2.24, 2.45) is 5.92 Å². The average molecular weight is 294 g/mol. The van der Waals surface area contributed by atoms with Crippen molar-refractivity contribution in [1.82, 2.24) is 0 Å². The molecule has 0 radical (unpaired) electrons. The lowest BCUT2D eigenvalue weighted by molar-refractivity contribution is -0.202. The van der Waals surface area contributed by atoms with Crippen LogP contribution < -0.4 is 0 Å². The SMILES string of the molecule is O=C(OC1C2C(F)=C(F)C(F)=C(F)C12F)C(F)(F)F. The standard InChI is InChI=1S/C9H2F8O2/c10-2-1-6(19-7(18)9(15,16)17)8(1,14)5(13)4(12)3(2)11/h1,6H. The molecule has 2 nitrogen and oxygen atoms in total. The molecular weight excluding hydrogens is 292 g/mol. The van der Waals surface area contributed by atoms with Gasteiger partial charge in [0.25, 0.3) is 0 Å². The molecule has 0 N–H and O–H groups in total. The van der Waals surface area contributed by atoms with E-state index in [0.29, 0.717) is 0 Å². The van der Waals surface area contributed by atoms with E-state index in [9.17, 15) is 39.9 Å². The summed E-state index contributed by atoms with van der Waals surface area (Å²) in [6.45, 7) is 0. The zero-order chi connectivity index (χ0) is 14.7. The highest BCUT2D eigenvalue weighted by molar-refractivity contribution is 5.76. The Hall–Kier alpha value is -1.61. The van der Waals surface area contributed by atoms with Gasteiger partial charge >= 0.3 is 12.1 Å². The van der Waals surface area contributed by atoms with Gasteiger partial charge in [0.15, 0.2) is 23.6 Å². The lowest BCUT2D eigenvalue weighted by atomic mass is 10.1. The predicted molar refractivity (Wildman–Crippen MR) is 41.7 cm³/mol. The van der Waals surface area contributed by atoms with Crippen LogP contribution >= 0.6 is 0 Å². The number of fused-ring (bicyclic) bond motifs is 1. The van der Waals surface area contributed by atoms with Crippen molar-refractivity contribution >= 4 is 5.97 Å². The molecule has 10 heteroatoms. The molecule has 0 bridgehead atoms. The normalized spacial score (nSPS) is 34.3. The van der Waals surface area contributed by atoms with Gasteiger partial charge in [-0.15, -0.1) is 0 Å². The van der Waals surface area contributed by atoms with E-state index in [1.807, 2.05) is 0 Å². The maximum Gasteiger partial charge on any atom is 0.490 e. The fourth-order valence-corrected chi connectivity index (χ4v) is 1.75. The first-order valence-corrected chi connectivity index (χ1v) is 4.61. The average Bonchev–Trinajstić information content (AvgIpc) is 2.89. The van der Waals surface area contributed by atoms with Crippen LogP contribution in [0.2, 0.25) is 0 Å². The molecule has 2 aliphatic carbocycles. The second-order valence-electron chi connectivity index (χ2n) is 3.86. The van der Waals surface area contributed by atoms with Crippen LogP contribution in [0.15, 0.2) is 23.3 Å². The number of rotatable bonds is 1. The molecule has 0 amide bonds. The van der Waals surface area contributed by atoms with E-state index in [1.54, 1.807) is 0 Å². The summed E-state index contributed by atoms with van der Waals surface area (Å²) < 4.78 is 104. The van der Waals surface area contributed by atoms with Crippen LogP contribution in [0.5, 0.6) is 0 Å². The number of ether oxygens (including phenoxy) is 1. The van der Waals surface area contributed by atoms with Gasteiger partial charge < -0.3 is 4.74 Å². The summed E-state index contributed by atoms with van der Waals surface area (Å²) in [7, 11) is 0. The first-order valence-electron chi connectivity index (χ1n) is 4.61. The lowest BCUT2D eigenvalue weighted by Gasteiger charge is -2.10. The van der Waals surface area contributed by atoms with Crippen molar-refractivity contribution in [3.63, 3.8) is 0 Å². The maximum atomic E-state index is 13.7. The summed E-state index contributed by atoms with van der Waals surface area (Å²) >= 11 is 0. The molecule has 0 aromatic heterocycles. The van der Waals surface area contributed by atoms with Crippen molar-refractivity contribution < 1.29 is 44.7 Å². The monoisotopic (exact) mass is 294 g/mol. The zero-order valence-corrected chi connectivity index (χ0v) is 8.49. The van der Waals surface area contributed by atoms with Gasteiger partial charge in [0.2, 0.25) is 5.67 Å². The van der Waals surface area contributed by atoms with Gasteiger partial charge in [0, 0.05) is 0 Å². The molecule has 3 unspecified atom stereocenters. The van der Waals surface area contributed by atoms with E-state index in [2.05, 4.69) is 4.74 Å². The molecule has 3 atom stereocenters. The minimum atomic E-state index is -5.53. The summed E-state index contributed by atoms with van der Waals surface area (Å²) in [6.07, 6.45) is -8.12. The van der Waals surface area contributed by atoms with Crippen LogP contribution in [0.4, 0.5) is 35.1 Å². The molecule has 0 spiro atoms. The Labute approximate surface area is 98.9 Å². The van der Waals surface area contributed by atoms with E-state index in [1.165, 1.54) is 0 Å². The van der Waals surface area contributed by atoms with Gasteiger partial charge in [-0.1, -0.05) is 0 Å². The van der Waals surface area contributed by atoms with Gasteiger partial charge in [-0.3, -0.25) is 0 Å². The van der Waals surface area contributed by atoms with Gasteiger partial charge in [0.05, 0.1) is 5.92 Å². The lowest BCUT2D eigenvalue weighted by Crippen LogP contribution is -2.28. The van der Waals surface area contributed by atoms with Crippen molar-refractivity contribution in [3.8, 4) is 0 Å². The predicted octanol–water partition coefficient (Wildman–Crippen LogP) is 3.11. The second-order valence-corrected chi connectivity index (χ2v) is 3.86. The molecule has 0 aromatic rings. The topological polar surface area (TPSA) is 26.3 Å². The first kappa shape index (κ1) is 13.8. The third-order valence-electron chi connectivity index (χ3n) is 2.73. The Morgan fingerprint density at radius 1 is 1.11 bits per heavy atom. The largest absolute Gasteiger partial charge is 0.490 e. The van der Waals surface area contributed by atoms with Crippen molar-refractivity contribution in [2.45, 2.75) is 17.9 Å². The Kier molecular flexibility index (Phi) is 2.69. The Balaban J connectivity index is 2.29. The van der Waals surface area contributed by atoms with Crippen LogP contribution in [-0.4, -0.2) is 23.9 Å². The number of halogens is 8. The van der Waals surface area contributed by atoms with Crippen LogP contribution in [0.25, 0.3) is 0 Å². The highest BCUT2D eigenvalue weighted by atomic mass is 19.4. The Morgan fingerprint density at radius 3 is 2.11 bits per heavy atom. The minimum Gasteiger partial charge on any atom is -0.451 e. The molecule has 1 fully saturated rings. The molecule has 2 aliphatic rings. The van der Waals surface area contributed by atoms with Gasteiger partial charge in [-0.25, -0.2) is 26.7 Å². The third kappa shape index (κ3) is 1.72. The number of allylic oxidation sites excluding steroid dienone is 2. The van der Waals surface area contributed by atoms with Crippen LogP contribution in [0.1, 0.15) is 0 Å². The fourth-order valence-electron chi connectivity index (χ4n) is 1.75. The number of carbonyl (C=O) groups excluding carboxylic acids is 1. The maximum absolute atomic E-state index is 13.7. The molecular formula is C9H2F8O2. The van der Waals surface area contributed by atoms with Crippen molar-refractivity contribution in [2.75, 3.05) is 0 Å². The molecule has 19 heavy (non-hydrogen) atoms. The minimum absolute atomic E-state index is 2.14. The smallest absolute Gasteiger partial charge is 0.451 e. The van der Waals surface area contributed by atoms with Crippen molar-refractivity contribution in [1.29, 1.82) is 0 Å². The molecule has 0 aromatic carbocycles. The fraction of sp³-hybridized carbons (Fsp3) is 0.444. The number of hydrogen-bond acceptors (Lipinski definition) is 2. The van der Waals surface area contributed by atoms with E-state index >= 15 is 0 Å². The molecule has 0 heterocycles. The van der Waals surface area contributed by atoms with Crippen LogP contribution in [0, 0.1) is 5.92 Å².